The molecule has 2 N–H and O–H groups in total. The van der Waals surface area contributed by atoms with Gasteiger partial charge in [0.15, 0.2) is 0 Å². The molecule has 0 aliphatic rings. The first-order chi connectivity index (χ1) is 9.29. The third-order valence-electron chi connectivity index (χ3n) is 2.12. The maximum atomic E-state index is 10.6. The molecule has 0 aromatic heterocycles. The molecule has 0 amide bonds. The van der Waals surface area contributed by atoms with Crippen LogP contribution >= 0.6 is 11.6 Å². The molecule has 0 fully saturated rings. The Kier molecular flexibility index (Phi) is 6.14. The van der Waals surface area contributed by atoms with Crippen LogP contribution in [0, 0.1) is 10.1 Å². The van der Waals surface area contributed by atoms with Crippen LogP contribution in [0.1, 0.15) is 0 Å². The molecule has 0 spiro atoms. The molecule has 0 heterocycles. The van der Waals surface area contributed by atoms with Gasteiger partial charge in [0.1, 0.15) is 12.4 Å². The summed E-state index contributed by atoms with van der Waals surface area (Å²) in [6.07, 6.45) is 0. The SMILES string of the molecule is NS(=O)(=O)CCOCCOc1ccc([N+](=O)[O-])cc1Cl. The van der Waals surface area contributed by atoms with Crippen molar-refractivity contribution in [1.82, 2.24) is 0 Å². The average Bonchev–Trinajstić information content (AvgIpc) is 2.33. The van der Waals surface area contributed by atoms with E-state index in [-0.39, 0.29) is 42.0 Å². The highest BCUT2D eigenvalue weighted by Crippen LogP contribution is 2.28. The number of rotatable bonds is 8. The molecule has 0 saturated carbocycles. The number of halogens is 1. The summed E-state index contributed by atoms with van der Waals surface area (Å²) in [6, 6.07) is 3.83. The summed E-state index contributed by atoms with van der Waals surface area (Å²) in [7, 11) is -3.53. The van der Waals surface area contributed by atoms with Gasteiger partial charge in [-0.25, -0.2) is 13.6 Å². The number of primary sulfonamides is 1. The van der Waals surface area contributed by atoms with Crippen LogP contribution in [-0.4, -0.2) is 38.9 Å². The van der Waals surface area contributed by atoms with Crippen molar-refractivity contribution in [2.24, 2.45) is 5.14 Å². The zero-order valence-electron chi connectivity index (χ0n) is 10.3. The second kappa shape index (κ2) is 7.39. The molecule has 10 heteroatoms. The van der Waals surface area contributed by atoms with E-state index in [1.165, 1.54) is 18.2 Å². The van der Waals surface area contributed by atoms with Gasteiger partial charge in [0.2, 0.25) is 10.0 Å². The topological polar surface area (TPSA) is 122 Å². The van der Waals surface area contributed by atoms with Crippen molar-refractivity contribution in [2.45, 2.75) is 0 Å². The Morgan fingerprint density at radius 2 is 2.00 bits per heavy atom. The summed E-state index contributed by atoms with van der Waals surface area (Å²) in [4.78, 5) is 9.94. The first kappa shape index (κ1) is 16.6. The van der Waals surface area contributed by atoms with Crippen molar-refractivity contribution >= 4 is 27.3 Å². The van der Waals surface area contributed by atoms with E-state index < -0.39 is 14.9 Å². The lowest BCUT2D eigenvalue weighted by atomic mass is 10.3. The largest absolute Gasteiger partial charge is 0.490 e. The van der Waals surface area contributed by atoms with Crippen LogP contribution in [0.2, 0.25) is 5.02 Å². The van der Waals surface area contributed by atoms with E-state index in [9.17, 15) is 18.5 Å². The molecule has 0 unspecified atom stereocenters. The van der Waals surface area contributed by atoms with Gasteiger partial charge in [-0.2, -0.15) is 0 Å². The molecule has 112 valence electrons. The molecule has 0 aliphatic carbocycles. The highest BCUT2D eigenvalue weighted by Gasteiger charge is 2.10. The second-order valence-corrected chi connectivity index (χ2v) is 5.84. The zero-order valence-corrected chi connectivity index (χ0v) is 11.9. The van der Waals surface area contributed by atoms with Gasteiger partial charge in [-0.1, -0.05) is 11.6 Å². The van der Waals surface area contributed by atoms with E-state index in [1.807, 2.05) is 0 Å². The highest BCUT2D eigenvalue weighted by molar-refractivity contribution is 7.89. The number of sulfonamides is 1. The molecule has 8 nitrogen and oxygen atoms in total. The quantitative estimate of drug-likeness (QED) is 0.431. The molecule has 0 radical (unpaired) electrons. The van der Waals surface area contributed by atoms with Crippen molar-refractivity contribution in [3.63, 3.8) is 0 Å². The Morgan fingerprint density at radius 3 is 2.55 bits per heavy atom. The maximum absolute atomic E-state index is 10.6. The number of hydrogen-bond donors (Lipinski definition) is 1. The van der Waals surface area contributed by atoms with E-state index in [0.29, 0.717) is 0 Å². The van der Waals surface area contributed by atoms with Gasteiger partial charge in [0, 0.05) is 12.1 Å². The lowest BCUT2D eigenvalue weighted by Gasteiger charge is -2.08. The number of benzene rings is 1. The third kappa shape index (κ3) is 6.15. The fourth-order valence-corrected chi connectivity index (χ4v) is 1.79. The second-order valence-electron chi connectivity index (χ2n) is 3.70. The fraction of sp³-hybridized carbons (Fsp3) is 0.400. The predicted molar refractivity (Wildman–Crippen MR) is 72.4 cm³/mol. The van der Waals surface area contributed by atoms with Crippen molar-refractivity contribution in [3.8, 4) is 5.75 Å². The number of nitrogens with two attached hydrogens (primary N) is 1. The van der Waals surface area contributed by atoms with Gasteiger partial charge in [-0.05, 0) is 6.07 Å². The Labute approximate surface area is 120 Å². The van der Waals surface area contributed by atoms with E-state index >= 15 is 0 Å². The van der Waals surface area contributed by atoms with E-state index in [0.717, 1.165) is 0 Å². The van der Waals surface area contributed by atoms with Gasteiger partial charge in [0.25, 0.3) is 5.69 Å². The predicted octanol–water partition coefficient (Wildman–Crippen LogP) is 0.932. The summed E-state index contributed by atoms with van der Waals surface area (Å²) >= 11 is 5.81. The van der Waals surface area contributed by atoms with E-state index in [4.69, 9.17) is 26.2 Å². The van der Waals surface area contributed by atoms with Crippen LogP contribution < -0.4 is 9.88 Å². The smallest absolute Gasteiger partial charge is 0.271 e. The number of hydrogen-bond acceptors (Lipinski definition) is 6. The molecule has 0 aliphatic heterocycles. The summed E-state index contributed by atoms with van der Waals surface area (Å²) in [5.74, 6) is 0.0120. The normalized spacial score (nSPS) is 11.3. The van der Waals surface area contributed by atoms with Crippen LogP contribution in [0.4, 0.5) is 5.69 Å². The minimum atomic E-state index is -3.53. The minimum absolute atomic E-state index is 0.0316. The first-order valence-electron chi connectivity index (χ1n) is 5.44. The van der Waals surface area contributed by atoms with Gasteiger partial charge < -0.3 is 9.47 Å². The van der Waals surface area contributed by atoms with Crippen LogP contribution in [0.3, 0.4) is 0 Å². The van der Waals surface area contributed by atoms with E-state index in [1.54, 1.807) is 0 Å². The number of non-ortho nitro benzene ring substituents is 1. The number of nitro groups is 1. The Balaban J connectivity index is 2.34. The van der Waals surface area contributed by atoms with Crippen molar-refractivity contribution in [3.05, 3.63) is 33.3 Å². The molecule has 0 atom stereocenters. The standard InChI is InChI=1S/C10H13ClN2O6S/c11-9-7-8(13(14)15)1-2-10(9)19-4-3-18-5-6-20(12,16)17/h1-2,7H,3-6H2,(H2,12,16,17). The Hall–Kier alpha value is -1.42. The van der Waals surface area contributed by atoms with Crippen molar-refractivity contribution in [2.75, 3.05) is 25.6 Å². The van der Waals surface area contributed by atoms with Crippen molar-refractivity contribution in [1.29, 1.82) is 0 Å². The summed E-state index contributed by atoms with van der Waals surface area (Å²) < 4.78 is 31.5. The number of ether oxygens (including phenoxy) is 2. The average molecular weight is 325 g/mol. The molecular weight excluding hydrogens is 312 g/mol. The van der Waals surface area contributed by atoms with Gasteiger partial charge >= 0.3 is 0 Å². The first-order valence-corrected chi connectivity index (χ1v) is 7.54. The van der Waals surface area contributed by atoms with Crippen LogP contribution in [0.15, 0.2) is 18.2 Å². The molecule has 20 heavy (non-hydrogen) atoms. The van der Waals surface area contributed by atoms with Crippen LogP contribution in [0.5, 0.6) is 5.75 Å². The molecular formula is C10H13ClN2O6S. The van der Waals surface area contributed by atoms with Crippen LogP contribution in [0.25, 0.3) is 0 Å². The zero-order chi connectivity index (χ0) is 15.2. The lowest BCUT2D eigenvalue weighted by Crippen LogP contribution is -2.21. The molecule has 1 aromatic rings. The maximum Gasteiger partial charge on any atom is 0.271 e. The van der Waals surface area contributed by atoms with Crippen LogP contribution in [-0.2, 0) is 14.8 Å². The lowest BCUT2D eigenvalue weighted by molar-refractivity contribution is -0.384. The number of nitro benzene ring substituents is 1. The van der Waals surface area contributed by atoms with Crippen molar-refractivity contribution < 1.29 is 22.8 Å². The fourth-order valence-electron chi connectivity index (χ4n) is 1.21. The third-order valence-corrected chi connectivity index (χ3v) is 3.15. The van der Waals surface area contributed by atoms with Gasteiger partial charge in [0.05, 0.1) is 28.9 Å². The Bertz CT molecular complexity index is 577. The van der Waals surface area contributed by atoms with Gasteiger partial charge in [-0.15, -0.1) is 0 Å². The summed E-state index contributed by atoms with van der Waals surface area (Å²) in [5.41, 5.74) is -0.133. The summed E-state index contributed by atoms with van der Waals surface area (Å²) in [6.45, 7) is 0.237. The summed E-state index contributed by atoms with van der Waals surface area (Å²) in [5, 5.41) is 15.4. The highest BCUT2D eigenvalue weighted by atomic mass is 35.5. The monoisotopic (exact) mass is 324 g/mol. The number of nitrogens with zero attached hydrogens (tertiary/aromatic N) is 1. The molecule has 1 aromatic carbocycles. The van der Waals surface area contributed by atoms with Gasteiger partial charge in [-0.3, -0.25) is 10.1 Å². The molecule has 1 rings (SSSR count). The Morgan fingerprint density at radius 1 is 1.30 bits per heavy atom. The molecule has 0 bridgehead atoms. The molecule has 0 saturated heterocycles. The van der Waals surface area contributed by atoms with E-state index in [2.05, 4.69) is 0 Å². The minimum Gasteiger partial charge on any atom is -0.490 e.